The second-order valence-electron chi connectivity index (χ2n) is 4.06. The summed E-state index contributed by atoms with van der Waals surface area (Å²) in [6.07, 6.45) is 5.51. The van der Waals surface area contributed by atoms with Crippen molar-refractivity contribution in [3.8, 4) is 11.8 Å². The van der Waals surface area contributed by atoms with Crippen molar-refractivity contribution in [2.75, 3.05) is 6.61 Å². The minimum atomic E-state index is 0.621. The zero-order valence-corrected chi connectivity index (χ0v) is 11.9. The number of halogens is 1. The fourth-order valence-electron chi connectivity index (χ4n) is 1.70. The molecule has 0 radical (unpaired) electrons. The molecule has 19 heavy (non-hydrogen) atoms. The first-order valence-electron chi connectivity index (χ1n) is 6.01. The predicted octanol–water partition coefficient (Wildman–Crippen LogP) is 3.73. The monoisotopic (exact) mass is 316 g/mol. The van der Waals surface area contributed by atoms with Crippen molar-refractivity contribution < 1.29 is 4.74 Å². The topological polar surface area (TPSA) is 45.9 Å². The minimum Gasteiger partial charge on any atom is -0.492 e. The molecule has 0 saturated heterocycles. The highest BCUT2D eigenvalue weighted by molar-refractivity contribution is 9.10. The summed E-state index contributed by atoms with van der Waals surface area (Å²) in [5.74, 6) is 0.772. The van der Waals surface area contributed by atoms with Crippen molar-refractivity contribution in [3.05, 3.63) is 58.3 Å². The smallest absolute Gasteiger partial charge is 0.133 e. The molecule has 1 aromatic carbocycles. The van der Waals surface area contributed by atoms with E-state index in [2.05, 4.69) is 27.0 Å². The van der Waals surface area contributed by atoms with Gasteiger partial charge in [-0.05, 0) is 64.7 Å². The van der Waals surface area contributed by atoms with Crippen LogP contribution < -0.4 is 4.74 Å². The lowest BCUT2D eigenvalue weighted by atomic mass is 10.1. The first-order chi connectivity index (χ1) is 9.29. The van der Waals surface area contributed by atoms with Crippen molar-refractivity contribution in [1.82, 2.24) is 4.98 Å². The Hall–Kier alpha value is -1.86. The van der Waals surface area contributed by atoms with Crippen LogP contribution in [0.25, 0.3) is 0 Å². The summed E-state index contributed by atoms with van der Waals surface area (Å²) in [5.41, 5.74) is 1.88. The molecule has 0 unspecified atom stereocenters. The van der Waals surface area contributed by atoms with Gasteiger partial charge < -0.3 is 4.74 Å². The Bertz CT molecular complexity index is 578. The highest BCUT2D eigenvalue weighted by Crippen LogP contribution is 2.25. The van der Waals surface area contributed by atoms with Crippen molar-refractivity contribution in [2.45, 2.75) is 12.8 Å². The summed E-state index contributed by atoms with van der Waals surface area (Å²) >= 11 is 3.40. The van der Waals surface area contributed by atoms with Crippen LogP contribution in [0.1, 0.15) is 17.5 Å². The van der Waals surface area contributed by atoms with Crippen LogP contribution in [0.2, 0.25) is 0 Å². The van der Waals surface area contributed by atoms with Crippen LogP contribution in [0.15, 0.2) is 47.2 Å². The maximum atomic E-state index is 8.78. The van der Waals surface area contributed by atoms with Gasteiger partial charge in [0.05, 0.1) is 22.7 Å². The molecule has 0 saturated carbocycles. The molecule has 1 aromatic heterocycles. The van der Waals surface area contributed by atoms with E-state index in [0.29, 0.717) is 12.2 Å². The number of rotatable bonds is 5. The van der Waals surface area contributed by atoms with Gasteiger partial charge in [-0.25, -0.2) is 0 Å². The maximum Gasteiger partial charge on any atom is 0.133 e. The van der Waals surface area contributed by atoms with E-state index < -0.39 is 0 Å². The largest absolute Gasteiger partial charge is 0.492 e. The number of hydrogen-bond acceptors (Lipinski definition) is 3. The Balaban J connectivity index is 1.82. The fourth-order valence-corrected chi connectivity index (χ4v) is 2.19. The second-order valence-corrected chi connectivity index (χ2v) is 4.92. The van der Waals surface area contributed by atoms with E-state index in [1.807, 2.05) is 18.2 Å². The number of ether oxygens (including phenoxy) is 1. The number of benzene rings is 1. The minimum absolute atomic E-state index is 0.621. The average Bonchev–Trinajstić information content (AvgIpc) is 2.46. The molecule has 96 valence electrons. The van der Waals surface area contributed by atoms with Crippen molar-refractivity contribution in [1.29, 1.82) is 5.26 Å². The maximum absolute atomic E-state index is 8.78. The average molecular weight is 317 g/mol. The molecule has 0 spiro atoms. The van der Waals surface area contributed by atoms with Crippen LogP contribution in [-0.2, 0) is 6.42 Å². The standard InChI is InChI=1S/C15H13BrN2O/c16-14-10-13(11-17)3-4-15(14)19-9-1-2-12-5-7-18-8-6-12/h3-8,10H,1-2,9H2. The molecule has 4 heteroatoms. The van der Waals surface area contributed by atoms with E-state index in [1.54, 1.807) is 24.5 Å². The molecule has 0 atom stereocenters. The molecule has 3 nitrogen and oxygen atoms in total. The lowest BCUT2D eigenvalue weighted by molar-refractivity contribution is 0.309. The third-order valence-corrected chi connectivity index (χ3v) is 3.30. The summed E-state index contributed by atoms with van der Waals surface area (Å²) in [6, 6.07) is 11.4. The Kier molecular flexibility index (Phi) is 4.93. The fraction of sp³-hybridized carbons (Fsp3) is 0.200. The lowest BCUT2D eigenvalue weighted by Crippen LogP contribution is -2.00. The summed E-state index contributed by atoms with van der Waals surface area (Å²) in [6.45, 7) is 0.646. The van der Waals surface area contributed by atoms with Crippen LogP contribution in [0.5, 0.6) is 5.75 Å². The quantitative estimate of drug-likeness (QED) is 0.790. The first kappa shape index (κ1) is 13.6. The van der Waals surface area contributed by atoms with Gasteiger partial charge in [0.2, 0.25) is 0 Å². The molecule has 0 aliphatic rings. The number of nitrogens with zero attached hydrogens (tertiary/aromatic N) is 2. The van der Waals surface area contributed by atoms with Gasteiger partial charge in [0.25, 0.3) is 0 Å². The van der Waals surface area contributed by atoms with Crippen molar-refractivity contribution >= 4 is 15.9 Å². The summed E-state index contributed by atoms with van der Waals surface area (Å²) < 4.78 is 6.50. The highest BCUT2D eigenvalue weighted by atomic mass is 79.9. The van der Waals surface area contributed by atoms with Crippen LogP contribution in [0.3, 0.4) is 0 Å². The van der Waals surface area contributed by atoms with Gasteiger partial charge in [-0.3, -0.25) is 4.98 Å². The third-order valence-electron chi connectivity index (χ3n) is 2.68. The van der Waals surface area contributed by atoms with Crippen LogP contribution in [-0.4, -0.2) is 11.6 Å². The van der Waals surface area contributed by atoms with E-state index in [4.69, 9.17) is 10.00 Å². The molecular weight excluding hydrogens is 304 g/mol. The second kappa shape index (κ2) is 6.91. The molecule has 1 heterocycles. The molecule has 0 amide bonds. The molecule has 0 bridgehead atoms. The summed E-state index contributed by atoms with van der Waals surface area (Å²) in [7, 11) is 0. The van der Waals surface area contributed by atoms with E-state index in [0.717, 1.165) is 23.1 Å². The highest BCUT2D eigenvalue weighted by Gasteiger charge is 2.02. The van der Waals surface area contributed by atoms with Gasteiger partial charge in [-0.2, -0.15) is 5.26 Å². The number of aromatic nitrogens is 1. The molecule has 0 aliphatic carbocycles. The van der Waals surface area contributed by atoms with Gasteiger partial charge in [-0.15, -0.1) is 0 Å². The van der Waals surface area contributed by atoms with Crippen LogP contribution in [0, 0.1) is 11.3 Å². The third kappa shape index (κ3) is 4.08. The lowest BCUT2D eigenvalue weighted by Gasteiger charge is -2.08. The molecular formula is C15H13BrN2O. The van der Waals surface area contributed by atoms with Gasteiger partial charge >= 0.3 is 0 Å². The molecule has 0 aliphatic heterocycles. The van der Waals surface area contributed by atoms with Crippen molar-refractivity contribution in [2.24, 2.45) is 0 Å². The summed E-state index contributed by atoms with van der Waals surface area (Å²) in [4.78, 5) is 3.99. The normalized spacial score (nSPS) is 9.89. The number of aryl methyl sites for hydroxylation is 1. The molecule has 2 rings (SSSR count). The molecule has 2 aromatic rings. The molecule has 0 N–H and O–H groups in total. The number of nitriles is 1. The van der Waals surface area contributed by atoms with E-state index in [9.17, 15) is 0 Å². The number of pyridine rings is 1. The summed E-state index contributed by atoms with van der Waals surface area (Å²) in [5, 5.41) is 8.78. The van der Waals surface area contributed by atoms with Gasteiger partial charge in [0.1, 0.15) is 5.75 Å². The zero-order valence-electron chi connectivity index (χ0n) is 10.3. The predicted molar refractivity (Wildman–Crippen MR) is 76.9 cm³/mol. The first-order valence-corrected chi connectivity index (χ1v) is 6.80. The Labute approximate surface area is 121 Å². The molecule has 0 fully saturated rings. The van der Waals surface area contributed by atoms with E-state index in [1.165, 1.54) is 5.56 Å². The van der Waals surface area contributed by atoms with Crippen LogP contribution >= 0.6 is 15.9 Å². The Morgan fingerprint density at radius 3 is 2.68 bits per heavy atom. The Morgan fingerprint density at radius 2 is 2.00 bits per heavy atom. The van der Waals surface area contributed by atoms with Crippen LogP contribution in [0.4, 0.5) is 0 Å². The van der Waals surface area contributed by atoms with Gasteiger partial charge in [-0.1, -0.05) is 0 Å². The van der Waals surface area contributed by atoms with Crippen molar-refractivity contribution in [3.63, 3.8) is 0 Å². The Morgan fingerprint density at radius 1 is 1.21 bits per heavy atom. The van der Waals surface area contributed by atoms with E-state index in [-0.39, 0.29) is 0 Å². The SMILES string of the molecule is N#Cc1ccc(OCCCc2ccncc2)c(Br)c1. The zero-order chi connectivity index (χ0) is 13.5. The number of hydrogen-bond donors (Lipinski definition) is 0. The van der Waals surface area contributed by atoms with E-state index >= 15 is 0 Å². The van der Waals surface area contributed by atoms with Gasteiger partial charge in [0, 0.05) is 12.4 Å². The van der Waals surface area contributed by atoms with Gasteiger partial charge in [0.15, 0.2) is 0 Å².